The highest BCUT2D eigenvalue weighted by molar-refractivity contribution is 7.99. The van der Waals surface area contributed by atoms with Crippen molar-refractivity contribution in [3.63, 3.8) is 0 Å². The molecule has 0 aliphatic carbocycles. The Morgan fingerprint density at radius 3 is 2.23 bits per heavy atom. The summed E-state index contributed by atoms with van der Waals surface area (Å²) >= 11 is 14.0. The number of carbonyl (C=O) groups is 2. The van der Waals surface area contributed by atoms with Crippen molar-refractivity contribution in [3.05, 3.63) is 100 Å². The third-order valence-electron chi connectivity index (χ3n) is 5.40. The van der Waals surface area contributed by atoms with Gasteiger partial charge < -0.3 is 10.2 Å². The van der Waals surface area contributed by atoms with Crippen molar-refractivity contribution in [1.82, 2.24) is 10.2 Å². The van der Waals surface area contributed by atoms with Gasteiger partial charge in [-0.3, -0.25) is 9.59 Å². The van der Waals surface area contributed by atoms with E-state index in [2.05, 4.69) is 5.32 Å². The fourth-order valence-electron chi connectivity index (χ4n) is 3.68. The Hall–Kier alpha value is -2.47. The van der Waals surface area contributed by atoms with E-state index in [0.29, 0.717) is 22.2 Å². The van der Waals surface area contributed by atoms with Crippen LogP contribution in [0.25, 0.3) is 0 Å². The summed E-state index contributed by atoms with van der Waals surface area (Å²) in [6, 6.07) is 24.1. The SMILES string of the molecule is CC(C)NC(=O)[C@H](Cc1ccccc1)N(Cc1ccccc1Cl)C(=O)CCSc1ccc(Cl)cc1. The van der Waals surface area contributed by atoms with E-state index in [1.54, 1.807) is 22.7 Å². The number of hydrogen-bond acceptors (Lipinski definition) is 3. The lowest BCUT2D eigenvalue weighted by molar-refractivity contribution is -0.141. The molecule has 0 fully saturated rings. The predicted molar refractivity (Wildman–Crippen MR) is 146 cm³/mol. The summed E-state index contributed by atoms with van der Waals surface area (Å²) in [6.07, 6.45) is 0.706. The molecule has 0 spiro atoms. The number of carbonyl (C=O) groups excluding carboxylic acids is 2. The Morgan fingerprint density at radius 2 is 1.57 bits per heavy atom. The van der Waals surface area contributed by atoms with Gasteiger partial charge in [0.2, 0.25) is 11.8 Å². The molecule has 3 aromatic carbocycles. The zero-order valence-electron chi connectivity index (χ0n) is 19.9. The summed E-state index contributed by atoms with van der Waals surface area (Å²) < 4.78 is 0. The van der Waals surface area contributed by atoms with Crippen LogP contribution in [0.2, 0.25) is 10.0 Å². The molecule has 35 heavy (non-hydrogen) atoms. The Balaban J connectivity index is 1.85. The molecule has 184 valence electrons. The molecular formula is C28H30Cl2N2O2S. The van der Waals surface area contributed by atoms with Gasteiger partial charge in [0.25, 0.3) is 0 Å². The molecule has 0 unspecified atom stereocenters. The van der Waals surface area contributed by atoms with E-state index in [-0.39, 0.29) is 30.8 Å². The van der Waals surface area contributed by atoms with E-state index >= 15 is 0 Å². The van der Waals surface area contributed by atoms with Crippen molar-refractivity contribution in [2.24, 2.45) is 0 Å². The summed E-state index contributed by atoms with van der Waals surface area (Å²) in [7, 11) is 0. The highest BCUT2D eigenvalue weighted by Gasteiger charge is 2.30. The first-order chi connectivity index (χ1) is 16.8. The van der Waals surface area contributed by atoms with Crippen molar-refractivity contribution < 1.29 is 9.59 Å². The molecule has 1 atom stereocenters. The molecule has 2 amide bonds. The minimum Gasteiger partial charge on any atom is -0.352 e. The molecule has 3 rings (SSSR count). The topological polar surface area (TPSA) is 49.4 Å². The molecule has 0 radical (unpaired) electrons. The van der Waals surface area contributed by atoms with E-state index in [1.165, 1.54) is 0 Å². The molecule has 4 nitrogen and oxygen atoms in total. The number of nitrogens with zero attached hydrogens (tertiary/aromatic N) is 1. The number of halogens is 2. The summed E-state index contributed by atoms with van der Waals surface area (Å²) in [6.45, 7) is 4.09. The first-order valence-electron chi connectivity index (χ1n) is 11.6. The van der Waals surface area contributed by atoms with Crippen LogP contribution in [-0.2, 0) is 22.6 Å². The average Bonchev–Trinajstić information content (AvgIpc) is 2.83. The van der Waals surface area contributed by atoms with Crippen molar-refractivity contribution >= 4 is 46.8 Å². The number of amides is 2. The second-order valence-corrected chi connectivity index (χ2v) is 10.5. The maximum atomic E-state index is 13.6. The molecule has 3 aromatic rings. The van der Waals surface area contributed by atoms with Gasteiger partial charge in [-0.2, -0.15) is 0 Å². The summed E-state index contributed by atoms with van der Waals surface area (Å²) in [4.78, 5) is 29.7. The maximum Gasteiger partial charge on any atom is 0.243 e. The maximum absolute atomic E-state index is 13.6. The molecule has 0 aliphatic heterocycles. The van der Waals surface area contributed by atoms with Crippen LogP contribution in [0.15, 0.2) is 83.8 Å². The first-order valence-corrected chi connectivity index (χ1v) is 13.3. The molecule has 1 N–H and O–H groups in total. The van der Waals surface area contributed by atoms with Crippen LogP contribution >= 0.6 is 35.0 Å². The Bertz CT molecular complexity index is 1110. The van der Waals surface area contributed by atoms with Gasteiger partial charge in [0, 0.05) is 46.1 Å². The molecule has 0 aliphatic rings. The van der Waals surface area contributed by atoms with Crippen LogP contribution in [0, 0.1) is 0 Å². The van der Waals surface area contributed by atoms with Crippen LogP contribution < -0.4 is 5.32 Å². The van der Waals surface area contributed by atoms with Gasteiger partial charge in [-0.25, -0.2) is 0 Å². The standard InChI is InChI=1S/C28H30Cl2N2O2S/c1-20(2)31-28(34)26(18-21-8-4-3-5-9-21)32(19-22-10-6-7-11-25(22)30)27(33)16-17-35-24-14-12-23(29)13-15-24/h3-15,20,26H,16-19H2,1-2H3,(H,31,34)/t26-/m0/s1. The van der Waals surface area contributed by atoms with E-state index in [1.807, 2.05) is 86.6 Å². The first kappa shape index (κ1) is 27.1. The molecule has 0 aromatic heterocycles. The highest BCUT2D eigenvalue weighted by atomic mass is 35.5. The molecule has 0 saturated carbocycles. The number of rotatable bonds is 11. The largest absolute Gasteiger partial charge is 0.352 e. The zero-order valence-corrected chi connectivity index (χ0v) is 22.2. The van der Waals surface area contributed by atoms with Crippen molar-refractivity contribution in [2.45, 2.75) is 50.2 Å². The summed E-state index contributed by atoms with van der Waals surface area (Å²) in [5.41, 5.74) is 1.80. The third kappa shape index (κ3) is 8.60. The normalized spacial score (nSPS) is 11.8. The number of nitrogens with one attached hydrogen (secondary N) is 1. The van der Waals surface area contributed by atoms with Gasteiger partial charge in [-0.05, 0) is 55.3 Å². The van der Waals surface area contributed by atoms with E-state index in [9.17, 15) is 9.59 Å². The fourth-order valence-corrected chi connectivity index (χ4v) is 4.84. The van der Waals surface area contributed by atoms with Crippen molar-refractivity contribution in [2.75, 3.05) is 5.75 Å². The second kappa shape index (κ2) is 13.6. The van der Waals surface area contributed by atoms with Gasteiger partial charge >= 0.3 is 0 Å². The zero-order chi connectivity index (χ0) is 25.2. The van der Waals surface area contributed by atoms with Crippen LogP contribution in [-0.4, -0.2) is 34.6 Å². The van der Waals surface area contributed by atoms with Crippen LogP contribution in [0.3, 0.4) is 0 Å². The highest BCUT2D eigenvalue weighted by Crippen LogP contribution is 2.24. The fraction of sp³-hybridized carbons (Fsp3) is 0.286. The van der Waals surface area contributed by atoms with Gasteiger partial charge in [0.1, 0.15) is 6.04 Å². The monoisotopic (exact) mass is 528 g/mol. The lowest BCUT2D eigenvalue weighted by Crippen LogP contribution is -2.51. The van der Waals surface area contributed by atoms with Crippen LogP contribution in [0.4, 0.5) is 0 Å². The summed E-state index contributed by atoms with van der Waals surface area (Å²) in [5, 5.41) is 4.25. The number of hydrogen-bond donors (Lipinski definition) is 1. The smallest absolute Gasteiger partial charge is 0.243 e. The predicted octanol–water partition coefficient (Wildman–Crippen LogP) is 6.64. The molecule has 0 heterocycles. The molecular weight excluding hydrogens is 499 g/mol. The van der Waals surface area contributed by atoms with Gasteiger partial charge in [0.05, 0.1) is 0 Å². The number of benzene rings is 3. The lowest BCUT2D eigenvalue weighted by Gasteiger charge is -2.32. The minimum atomic E-state index is -0.663. The average molecular weight is 530 g/mol. The van der Waals surface area contributed by atoms with Crippen LogP contribution in [0.5, 0.6) is 0 Å². The second-order valence-electron chi connectivity index (χ2n) is 8.53. The summed E-state index contributed by atoms with van der Waals surface area (Å²) in [5.74, 6) is 0.324. The van der Waals surface area contributed by atoms with Gasteiger partial charge in [-0.15, -0.1) is 11.8 Å². The van der Waals surface area contributed by atoms with Gasteiger partial charge in [-0.1, -0.05) is 71.7 Å². The molecule has 0 saturated heterocycles. The van der Waals surface area contributed by atoms with Crippen molar-refractivity contribution in [3.8, 4) is 0 Å². The molecule has 0 bridgehead atoms. The Labute approximate surface area is 222 Å². The minimum absolute atomic E-state index is 0.0431. The van der Waals surface area contributed by atoms with Gasteiger partial charge in [0.15, 0.2) is 0 Å². The van der Waals surface area contributed by atoms with Crippen LogP contribution in [0.1, 0.15) is 31.4 Å². The lowest BCUT2D eigenvalue weighted by atomic mass is 10.0. The Morgan fingerprint density at radius 1 is 0.914 bits per heavy atom. The van der Waals surface area contributed by atoms with Crippen molar-refractivity contribution in [1.29, 1.82) is 0 Å². The third-order valence-corrected chi connectivity index (χ3v) is 7.03. The van der Waals surface area contributed by atoms with E-state index < -0.39 is 6.04 Å². The number of thioether (sulfide) groups is 1. The van der Waals surface area contributed by atoms with E-state index in [4.69, 9.17) is 23.2 Å². The molecule has 7 heteroatoms. The van der Waals surface area contributed by atoms with E-state index in [0.717, 1.165) is 16.0 Å². The Kier molecular flexibility index (Phi) is 10.5. The quantitative estimate of drug-likeness (QED) is 0.283.